The van der Waals surface area contributed by atoms with E-state index in [1.807, 2.05) is 0 Å². The van der Waals surface area contributed by atoms with E-state index in [9.17, 15) is 9.59 Å². The van der Waals surface area contributed by atoms with Gasteiger partial charge in [0.2, 0.25) is 0 Å². The zero-order valence-electron chi connectivity index (χ0n) is 8.83. The van der Waals surface area contributed by atoms with Crippen molar-refractivity contribution in [1.29, 1.82) is 0 Å². The maximum Gasteiger partial charge on any atom is 0.310 e. The molecule has 0 amide bonds. The van der Waals surface area contributed by atoms with Gasteiger partial charge >= 0.3 is 11.9 Å². The molecule has 4 rings (SSSR count). The average molecular weight is 220 g/mol. The van der Waals surface area contributed by atoms with E-state index in [1.54, 1.807) is 0 Å². The van der Waals surface area contributed by atoms with Crippen LogP contribution in [0.1, 0.15) is 6.92 Å². The van der Waals surface area contributed by atoms with E-state index >= 15 is 0 Å². The predicted octanol–water partition coefficient (Wildman–Crippen LogP) is 0.521. The zero-order valence-corrected chi connectivity index (χ0v) is 8.83. The molecule has 0 aromatic carbocycles. The van der Waals surface area contributed by atoms with Crippen LogP contribution in [0.4, 0.5) is 0 Å². The Morgan fingerprint density at radius 2 is 2.06 bits per heavy atom. The highest BCUT2D eigenvalue weighted by atomic mass is 16.6. The Bertz CT molecular complexity index is 427. The summed E-state index contributed by atoms with van der Waals surface area (Å²) in [4.78, 5) is 22.7. The Labute approximate surface area is 92.6 Å². The van der Waals surface area contributed by atoms with Crippen molar-refractivity contribution in [3.05, 3.63) is 12.2 Å². The summed E-state index contributed by atoms with van der Waals surface area (Å²) >= 11 is 0. The van der Waals surface area contributed by atoms with Crippen molar-refractivity contribution in [3.8, 4) is 0 Å². The largest absolute Gasteiger partial charge is 0.458 e. The molecule has 0 N–H and O–H groups in total. The Morgan fingerprint density at radius 1 is 1.31 bits per heavy atom. The van der Waals surface area contributed by atoms with Crippen LogP contribution < -0.4 is 0 Å². The summed E-state index contributed by atoms with van der Waals surface area (Å²) in [5.74, 6) is 1.03. The van der Waals surface area contributed by atoms with E-state index in [0.717, 1.165) is 0 Å². The van der Waals surface area contributed by atoms with Crippen LogP contribution in [-0.2, 0) is 19.1 Å². The molecule has 0 aromatic heterocycles. The molecule has 4 heteroatoms. The molecule has 1 heterocycles. The molecule has 0 bridgehead atoms. The van der Waals surface area contributed by atoms with Crippen LogP contribution in [-0.4, -0.2) is 24.1 Å². The summed E-state index contributed by atoms with van der Waals surface area (Å²) in [5.41, 5.74) is 0. The standard InChI is InChI=1S/C12H12O4/c1-4(13)15-10-6-3-2-5-7(6)9-8(5)12(14)16-11(9)10/h2-3,5-11H,1H3/t5?,6?,7?,8-,9?,10-,11-/m1/s1. The van der Waals surface area contributed by atoms with Gasteiger partial charge in [0.25, 0.3) is 0 Å². The quantitative estimate of drug-likeness (QED) is 0.477. The molecule has 3 aliphatic carbocycles. The first-order chi connectivity index (χ1) is 7.68. The summed E-state index contributed by atoms with van der Waals surface area (Å²) in [7, 11) is 0. The third kappa shape index (κ3) is 0.761. The summed E-state index contributed by atoms with van der Waals surface area (Å²) in [6, 6.07) is 0. The van der Waals surface area contributed by atoms with Crippen molar-refractivity contribution in [2.24, 2.45) is 29.6 Å². The lowest BCUT2D eigenvalue weighted by atomic mass is 9.59. The van der Waals surface area contributed by atoms with E-state index in [2.05, 4.69) is 12.2 Å². The number of ether oxygens (including phenoxy) is 2. The Kier molecular flexibility index (Phi) is 1.37. The van der Waals surface area contributed by atoms with Gasteiger partial charge in [-0.05, 0) is 11.8 Å². The number of esters is 2. The van der Waals surface area contributed by atoms with Gasteiger partial charge in [-0.25, -0.2) is 0 Å². The van der Waals surface area contributed by atoms with Crippen molar-refractivity contribution in [3.63, 3.8) is 0 Å². The van der Waals surface area contributed by atoms with Gasteiger partial charge in [0.05, 0.1) is 5.92 Å². The molecule has 0 aromatic rings. The molecule has 4 unspecified atom stereocenters. The average Bonchev–Trinajstić information content (AvgIpc) is 2.69. The first kappa shape index (κ1) is 8.79. The summed E-state index contributed by atoms with van der Waals surface area (Å²) < 4.78 is 10.7. The Hall–Kier alpha value is -1.32. The smallest absolute Gasteiger partial charge is 0.310 e. The Morgan fingerprint density at radius 3 is 2.81 bits per heavy atom. The minimum atomic E-state index is -0.289. The van der Waals surface area contributed by atoms with Crippen LogP contribution in [0.3, 0.4) is 0 Å². The topological polar surface area (TPSA) is 52.6 Å². The fourth-order valence-corrected chi connectivity index (χ4v) is 4.19. The first-order valence-electron chi connectivity index (χ1n) is 5.74. The normalized spacial score (nSPS) is 54.6. The fourth-order valence-electron chi connectivity index (χ4n) is 4.19. The summed E-state index contributed by atoms with van der Waals surface area (Å²) in [5, 5.41) is 0. The van der Waals surface area contributed by atoms with Gasteiger partial charge in [0.1, 0.15) is 12.2 Å². The predicted molar refractivity (Wildman–Crippen MR) is 52.0 cm³/mol. The molecule has 1 saturated heterocycles. The molecule has 4 nitrogen and oxygen atoms in total. The number of fused-ring (bicyclic) bond motifs is 1. The van der Waals surface area contributed by atoms with E-state index in [4.69, 9.17) is 9.47 Å². The van der Waals surface area contributed by atoms with Gasteiger partial charge in [0, 0.05) is 18.8 Å². The highest BCUT2D eigenvalue weighted by molar-refractivity contribution is 5.79. The molecule has 84 valence electrons. The first-order valence-corrected chi connectivity index (χ1v) is 5.74. The van der Waals surface area contributed by atoms with E-state index < -0.39 is 0 Å². The highest BCUT2D eigenvalue weighted by Crippen LogP contribution is 2.66. The SMILES string of the molecule is CC(=O)O[C@@H]1C2C=CC3C2C2[C@@H]3C(=O)O[C@H]21. The van der Waals surface area contributed by atoms with Gasteiger partial charge in [0.15, 0.2) is 0 Å². The molecule has 3 fully saturated rings. The molecule has 16 heavy (non-hydrogen) atoms. The second kappa shape index (κ2) is 2.50. The third-order valence-electron chi connectivity index (χ3n) is 4.63. The lowest BCUT2D eigenvalue weighted by molar-refractivity contribution is -0.163. The molecular weight excluding hydrogens is 208 g/mol. The number of allylic oxidation sites excluding steroid dienone is 1. The van der Waals surface area contributed by atoms with Crippen molar-refractivity contribution in [1.82, 2.24) is 0 Å². The van der Waals surface area contributed by atoms with Crippen LogP contribution >= 0.6 is 0 Å². The minimum Gasteiger partial charge on any atom is -0.458 e. The van der Waals surface area contributed by atoms with Crippen LogP contribution in [0.5, 0.6) is 0 Å². The summed E-state index contributed by atoms with van der Waals surface area (Å²) in [6.45, 7) is 1.41. The molecule has 4 aliphatic rings. The fraction of sp³-hybridized carbons (Fsp3) is 0.667. The van der Waals surface area contributed by atoms with Crippen molar-refractivity contribution in [2.45, 2.75) is 19.1 Å². The Balaban J connectivity index is 1.73. The molecular formula is C12H12O4. The number of carbonyl (C=O) groups excluding carboxylic acids is 2. The lowest BCUT2D eigenvalue weighted by Gasteiger charge is -2.40. The van der Waals surface area contributed by atoms with Gasteiger partial charge in [-0.1, -0.05) is 12.2 Å². The highest BCUT2D eigenvalue weighted by Gasteiger charge is 2.73. The maximum absolute atomic E-state index is 11.6. The number of carbonyl (C=O) groups is 2. The summed E-state index contributed by atoms with van der Waals surface area (Å²) in [6.07, 6.45) is 3.79. The second-order valence-electron chi connectivity index (χ2n) is 5.20. The molecule has 1 aliphatic heterocycles. The second-order valence-corrected chi connectivity index (χ2v) is 5.20. The molecule has 0 spiro atoms. The van der Waals surface area contributed by atoms with Crippen LogP contribution in [0.2, 0.25) is 0 Å². The van der Waals surface area contributed by atoms with Gasteiger partial charge < -0.3 is 9.47 Å². The molecule has 0 radical (unpaired) electrons. The van der Waals surface area contributed by atoms with Gasteiger partial charge in [-0.15, -0.1) is 0 Å². The van der Waals surface area contributed by atoms with Crippen molar-refractivity contribution < 1.29 is 19.1 Å². The van der Waals surface area contributed by atoms with Crippen molar-refractivity contribution >= 4 is 11.9 Å². The number of rotatable bonds is 1. The zero-order chi connectivity index (χ0) is 11.0. The molecule has 2 saturated carbocycles. The lowest BCUT2D eigenvalue weighted by Crippen LogP contribution is -2.44. The monoisotopic (exact) mass is 220 g/mol. The minimum absolute atomic E-state index is 0.0387. The van der Waals surface area contributed by atoms with Crippen LogP contribution in [0, 0.1) is 29.6 Å². The van der Waals surface area contributed by atoms with E-state index in [1.165, 1.54) is 6.92 Å². The van der Waals surface area contributed by atoms with Gasteiger partial charge in [-0.2, -0.15) is 0 Å². The van der Waals surface area contributed by atoms with Gasteiger partial charge in [-0.3, -0.25) is 9.59 Å². The maximum atomic E-state index is 11.6. The van der Waals surface area contributed by atoms with Crippen LogP contribution in [0.15, 0.2) is 12.2 Å². The van der Waals surface area contributed by atoms with E-state index in [0.29, 0.717) is 17.8 Å². The number of hydrogen-bond donors (Lipinski definition) is 0. The van der Waals surface area contributed by atoms with Crippen molar-refractivity contribution in [2.75, 3.05) is 0 Å². The number of hydrogen-bond acceptors (Lipinski definition) is 4. The molecule has 7 atom stereocenters. The third-order valence-corrected chi connectivity index (χ3v) is 4.63. The van der Waals surface area contributed by atoms with E-state index in [-0.39, 0.29) is 36.0 Å². The van der Waals surface area contributed by atoms with Crippen LogP contribution in [0.25, 0.3) is 0 Å².